The van der Waals surface area contributed by atoms with Crippen molar-refractivity contribution in [3.05, 3.63) is 104 Å². The fourth-order valence-electron chi connectivity index (χ4n) is 3.18. The molecular formula is C30H33F12N6Sm. The number of rotatable bonds is 12. The summed E-state index contributed by atoms with van der Waals surface area (Å²) in [4.78, 5) is 5.19. The predicted octanol–water partition coefficient (Wildman–Crippen LogP) is 8.43. The Bertz CT molecular complexity index is 1240. The summed E-state index contributed by atoms with van der Waals surface area (Å²) in [7, 11) is 10.5. The van der Waals surface area contributed by atoms with Gasteiger partial charge in [0.15, 0.2) is 34.9 Å². The minimum Gasteiger partial charge on any atom is -0.678 e. The summed E-state index contributed by atoms with van der Waals surface area (Å²) in [6.45, 7) is 1.46. The summed E-state index contributed by atoms with van der Waals surface area (Å²) in [5.41, 5.74) is -2.67. The summed E-state index contributed by atoms with van der Waals surface area (Å²) in [5, 5.41) is 10.5. The SMILES string of the molecule is CN(C)CC[N-]c1c(F)c(F)cc(F)c1F.CN(C)CC[N-]c1c(F)c(F)cc(F)c1F.CN(C)CC[N-]c1c(F)c(F)cc(F)c1F.[Sm+3]. The number of hydrogen-bond acceptors (Lipinski definition) is 3. The van der Waals surface area contributed by atoms with Crippen LogP contribution in [0.5, 0.6) is 0 Å². The second-order valence-corrected chi connectivity index (χ2v) is 10.5. The van der Waals surface area contributed by atoms with Crippen LogP contribution in [0.1, 0.15) is 0 Å². The van der Waals surface area contributed by atoms with Gasteiger partial charge in [-0.15, -0.1) is 19.6 Å². The Balaban J connectivity index is 0.000000698. The number of benzene rings is 3. The Hall–Kier alpha value is -2.56. The van der Waals surface area contributed by atoms with Crippen molar-refractivity contribution in [1.29, 1.82) is 0 Å². The zero-order valence-electron chi connectivity index (χ0n) is 27.1. The van der Waals surface area contributed by atoms with Crippen molar-refractivity contribution >= 4 is 17.1 Å². The van der Waals surface area contributed by atoms with Crippen LogP contribution in [0.2, 0.25) is 0 Å². The molecule has 0 saturated heterocycles. The molecule has 0 heterocycles. The van der Waals surface area contributed by atoms with Gasteiger partial charge in [-0.3, -0.25) is 0 Å². The molecule has 0 aliphatic rings. The molecule has 0 fully saturated rings. The van der Waals surface area contributed by atoms with Gasteiger partial charge in [0, 0.05) is 18.2 Å². The van der Waals surface area contributed by atoms with E-state index in [-0.39, 0.29) is 78.2 Å². The number of hydrogen-bond donors (Lipinski definition) is 0. The minimum absolute atomic E-state index is 0. The van der Waals surface area contributed by atoms with Crippen molar-refractivity contribution in [3.63, 3.8) is 0 Å². The van der Waals surface area contributed by atoms with Gasteiger partial charge >= 0.3 is 40.4 Å². The van der Waals surface area contributed by atoms with Gasteiger partial charge in [0.25, 0.3) is 0 Å². The predicted molar refractivity (Wildman–Crippen MR) is 158 cm³/mol. The van der Waals surface area contributed by atoms with Crippen molar-refractivity contribution < 1.29 is 93.1 Å². The average molecular weight is 856 g/mol. The molecule has 0 saturated carbocycles. The van der Waals surface area contributed by atoms with E-state index in [0.717, 1.165) is 0 Å². The third kappa shape index (κ3) is 15.1. The number of nitrogens with zero attached hydrogens (tertiary/aromatic N) is 6. The van der Waals surface area contributed by atoms with E-state index in [0.29, 0.717) is 19.6 Å². The van der Waals surface area contributed by atoms with Crippen LogP contribution in [0.4, 0.5) is 69.7 Å². The van der Waals surface area contributed by atoms with E-state index in [9.17, 15) is 52.7 Å². The second-order valence-electron chi connectivity index (χ2n) is 10.5. The van der Waals surface area contributed by atoms with E-state index in [1.807, 2.05) is 0 Å². The van der Waals surface area contributed by atoms with E-state index < -0.39 is 86.9 Å². The van der Waals surface area contributed by atoms with E-state index in [1.54, 1.807) is 57.0 Å². The van der Waals surface area contributed by atoms with Crippen molar-refractivity contribution in [2.45, 2.75) is 0 Å². The molecule has 0 bridgehead atoms. The van der Waals surface area contributed by atoms with Crippen LogP contribution in [-0.2, 0) is 0 Å². The topological polar surface area (TPSA) is 52.0 Å². The van der Waals surface area contributed by atoms with Crippen LogP contribution in [-0.4, -0.2) is 96.3 Å². The first kappa shape index (κ1) is 46.4. The van der Waals surface area contributed by atoms with Gasteiger partial charge in [0.05, 0.1) is 0 Å². The fourth-order valence-corrected chi connectivity index (χ4v) is 3.18. The van der Waals surface area contributed by atoms with Gasteiger partial charge in [-0.1, -0.05) is 17.1 Å². The minimum atomic E-state index is -1.46. The monoisotopic (exact) mass is 857 g/mol. The van der Waals surface area contributed by atoms with Crippen LogP contribution < -0.4 is 0 Å². The molecule has 0 spiro atoms. The molecule has 0 N–H and O–H groups in total. The zero-order valence-corrected chi connectivity index (χ0v) is 29.7. The summed E-state index contributed by atoms with van der Waals surface area (Å²) in [5.74, 6) is -17.4. The van der Waals surface area contributed by atoms with Crippen molar-refractivity contribution in [1.82, 2.24) is 14.7 Å². The Morgan fingerprint density at radius 2 is 0.531 bits per heavy atom. The maximum Gasteiger partial charge on any atom is 3.00 e. The molecule has 0 unspecified atom stereocenters. The molecular weight excluding hydrogens is 823 g/mol. The molecule has 0 atom stereocenters. The van der Waals surface area contributed by atoms with E-state index in [4.69, 9.17) is 0 Å². The largest absolute Gasteiger partial charge is 3.00 e. The fraction of sp³-hybridized carbons (Fsp3) is 0.400. The van der Waals surface area contributed by atoms with Gasteiger partial charge in [-0.05, 0) is 61.9 Å². The Morgan fingerprint density at radius 3 is 0.673 bits per heavy atom. The molecule has 0 amide bonds. The molecule has 3 aromatic carbocycles. The molecule has 0 aliphatic carbocycles. The van der Waals surface area contributed by atoms with Gasteiger partial charge in [-0.2, -0.15) is 0 Å². The van der Waals surface area contributed by atoms with Crippen LogP contribution in [0, 0.1) is 110 Å². The molecule has 49 heavy (non-hydrogen) atoms. The normalized spacial score (nSPS) is 10.7. The van der Waals surface area contributed by atoms with Gasteiger partial charge in [0.1, 0.15) is 34.9 Å². The first-order chi connectivity index (χ1) is 22.3. The summed E-state index contributed by atoms with van der Waals surface area (Å²) < 4.78 is 155. The Kier molecular flexibility index (Phi) is 21.1. The summed E-state index contributed by atoms with van der Waals surface area (Å²) >= 11 is 0. The molecule has 3 aromatic rings. The molecule has 0 aromatic heterocycles. The smallest absolute Gasteiger partial charge is 0.678 e. The molecule has 0 aliphatic heterocycles. The molecule has 3 rings (SSSR count). The quantitative estimate of drug-likeness (QED) is 0.136. The molecule has 6 nitrogen and oxygen atoms in total. The first-order valence-corrected chi connectivity index (χ1v) is 13.8. The Labute approximate surface area is 308 Å². The zero-order chi connectivity index (χ0) is 36.9. The van der Waals surface area contributed by atoms with E-state index >= 15 is 0 Å². The summed E-state index contributed by atoms with van der Waals surface area (Å²) in [6, 6.07) is 0.487. The van der Waals surface area contributed by atoms with E-state index in [2.05, 4.69) is 16.0 Å². The van der Waals surface area contributed by atoms with Crippen molar-refractivity contribution in [2.24, 2.45) is 0 Å². The maximum atomic E-state index is 13.1. The van der Waals surface area contributed by atoms with Gasteiger partial charge < -0.3 is 30.7 Å². The standard InChI is InChI=1S/3C10H11F4N2.Sm/c3*1-16(2)4-3-15-10-8(13)6(11)5-7(12)9(10)14;/h3*5H,3-4H2,1-2H3;/q3*-1;+3. The first-order valence-electron chi connectivity index (χ1n) is 13.8. The van der Waals surface area contributed by atoms with Gasteiger partial charge in [-0.25, -0.2) is 52.7 Å². The average Bonchev–Trinajstić information content (AvgIpc) is 2.99. The number of halogens is 12. The Morgan fingerprint density at radius 1 is 0.367 bits per heavy atom. The second kappa shape index (κ2) is 22.3. The van der Waals surface area contributed by atoms with Crippen LogP contribution >= 0.6 is 0 Å². The van der Waals surface area contributed by atoms with Crippen LogP contribution in [0.15, 0.2) is 18.2 Å². The van der Waals surface area contributed by atoms with Crippen molar-refractivity contribution in [2.75, 3.05) is 81.6 Å². The van der Waals surface area contributed by atoms with E-state index in [1.165, 1.54) is 0 Å². The number of likely N-dealkylation sites (N-methyl/N-ethyl adjacent to an activating group) is 3. The third-order valence-corrected chi connectivity index (χ3v) is 5.72. The molecule has 1 radical (unpaired) electrons. The summed E-state index contributed by atoms with van der Waals surface area (Å²) in [6.07, 6.45) is 0. The van der Waals surface area contributed by atoms with Crippen molar-refractivity contribution in [3.8, 4) is 0 Å². The molecule has 19 heteroatoms. The maximum absolute atomic E-state index is 13.1. The molecule has 273 valence electrons. The van der Waals surface area contributed by atoms with Crippen LogP contribution in [0.3, 0.4) is 0 Å². The van der Waals surface area contributed by atoms with Gasteiger partial charge in [0.2, 0.25) is 0 Å². The van der Waals surface area contributed by atoms with Crippen LogP contribution in [0.25, 0.3) is 16.0 Å². The third-order valence-electron chi connectivity index (χ3n) is 5.72.